The lowest BCUT2D eigenvalue weighted by Gasteiger charge is -2.28. The molecule has 2 N–H and O–H groups in total. The van der Waals surface area contributed by atoms with Crippen molar-refractivity contribution < 1.29 is 18.0 Å². The quantitative estimate of drug-likeness (QED) is 0.465. The van der Waals surface area contributed by atoms with Crippen LogP contribution in [0.2, 0.25) is 0 Å². The maximum Gasteiger partial charge on any atom is 0.416 e. The summed E-state index contributed by atoms with van der Waals surface area (Å²) in [4.78, 5) is 34.7. The van der Waals surface area contributed by atoms with E-state index in [4.69, 9.17) is 4.98 Å². The van der Waals surface area contributed by atoms with Crippen molar-refractivity contribution >= 4 is 22.5 Å². The fourth-order valence-corrected chi connectivity index (χ4v) is 5.62. The summed E-state index contributed by atoms with van der Waals surface area (Å²) < 4.78 is 42.0. The lowest BCUT2D eigenvalue weighted by Crippen LogP contribution is -2.39. The number of hydrogen-bond acceptors (Lipinski definition) is 6. The van der Waals surface area contributed by atoms with E-state index in [0.717, 1.165) is 48.2 Å². The number of benzene rings is 1. The minimum Gasteiger partial charge on any atom is -0.369 e. The predicted octanol–water partition coefficient (Wildman–Crippen LogP) is 4.69. The monoisotopic (exact) mass is 566 g/mol. The number of aryl methyl sites for hydroxylation is 2. The van der Waals surface area contributed by atoms with E-state index in [0.29, 0.717) is 30.8 Å². The van der Waals surface area contributed by atoms with Crippen LogP contribution in [0.25, 0.3) is 10.9 Å². The number of nitriles is 1. The number of anilines is 1. The first kappa shape index (κ1) is 28.6. The van der Waals surface area contributed by atoms with Crippen molar-refractivity contribution in [3.05, 3.63) is 68.3 Å². The molecule has 1 aliphatic carbocycles. The molecule has 0 radical (unpaired) electrons. The van der Waals surface area contributed by atoms with Gasteiger partial charge in [-0.25, -0.2) is 0 Å². The Labute approximate surface area is 236 Å². The molecule has 5 rings (SSSR count). The van der Waals surface area contributed by atoms with Gasteiger partial charge in [0.2, 0.25) is 0 Å². The van der Waals surface area contributed by atoms with Gasteiger partial charge in [-0.1, -0.05) is 0 Å². The van der Waals surface area contributed by atoms with Crippen molar-refractivity contribution in [3.63, 3.8) is 0 Å². The molecule has 1 saturated carbocycles. The van der Waals surface area contributed by atoms with E-state index in [1.807, 2.05) is 13.0 Å². The van der Waals surface area contributed by atoms with Gasteiger partial charge in [0.15, 0.2) is 0 Å². The Morgan fingerprint density at radius 3 is 2.59 bits per heavy atom. The van der Waals surface area contributed by atoms with Crippen molar-refractivity contribution in [2.45, 2.75) is 64.2 Å². The zero-order valence-electron chi connectivity index (χ0n) is 23.5. The number of aromatic nitrogens is 2. The smallest absolute Gasteiger partial charge is 0.369 e. The minimum atomic E-state index is -4.66. The maximum absolute atomic E-state index is 14.0. The SMILES string of the molecule is Cc1cc2c(N3CCN[C@@H](C)CC3)c(C(=O)N[C@@H](C)c3cc(C#N)cc(C(F)(F)F)c3)c(=O)n(C)c2c(C2CC2)n1. The van der Waals surface area contributed by atoms with Crippen LogP contribution in [0.15, 0.2) is 29.1 Å². The van der Waals surface area contributed by atoms with Crippen LogP contribution in [0.5, 0.6) is 0 Å². The number of alkyl halides is 3. The molecule has 2 aliphatic rings. The van der Waals surface area contributed by atoms with Crippen LogP contribution in [-0.4, -0.2) is 41.1 Å². The van der Waals surface area contributed by atoms with Crippen LogP contribution in [-0.2, 0) is 13.2 Å². The Morgan fingerprint density at radius 1 is 1.20 bits per heavy atom. The van der Waals surface area contributed by atoms with Gasteiger partial charge in [0, 0.05) is 49.7 Å². The second-order valence-electron chi connectivity index (χ2n) is 11.2. The van der Waals surface area contributed by atoms with Gasteiger partial charge >= 0.3 is 6.18 Å². The number of halogens is 3. The normalized spacial score (nSPS) is 18.6. The fraction of sp³-hybridized carbons (Fsp3) is 0.467. The van der Waals surface area contributed by atoms with Gasteiger partial charge < -0.3 is 20.1 Å². The van der Waals surface area contributed by atoms with E-state index in [9.17, 15) is 28.0 Å². The van der Waals surface area contributed by atoms with Crippen molar-refractivity contribution in [1.29, 1.82) is 5.26 Å². The molecule has 3 heterocycles. The Kier molecular flexibility index (Phi) is 7.55. The van der Waals surface area contributed by atoms with Gasteiger partial charge in [0.05, 0.1) is 40.1 Å². The summed E-state index contributed by atoms with van der Waals surface area (Å²) in [7, 11) is 1.63. The number of amides is 1. The fourth-order valence-electron chi connectivity index (χ4n) is 5.62. The molecule has 11 heteroatoms. The van der Waals surface area contributed by atoms with Crippen LogP contribution in [0.1, 0.15) is 83.5 Å². The van der Waals surface area contributed by atoms with Gasteiger partial charge in [-0.2, -0.15) is 18.4 Å². The van der Waals surface area contributed by atoms with E-state index in [1.165, 1.54) is 17.6 Å². The number of hydrogen-bond donors (Lipinski definition) is 2. The van der Waals surface area contributed by atoms with Crippen LogP contribution < -0.4 is 21.1 Å². The standard InChI is InChI=1S/C30H33F3N6O2/c1-16-7-9-39(10-8-35-16)26-23-11-17(2)36-25(20-5-6-20)27(23)38(4)29(41)24(26)28(40)37-18(3)21-12-19(15-34)13-22(14-21)30(31,32)33/h11-14,16,18,20,35H,5-10H2,1-4H3,(H,37,40)/t16-,18-/m0/s1. The maximum atomic E-state index is 14.0. The van der Waals surface area contributed by atoms with Crippen LogP contribution in [0.3, 0.4) is 0 Å². The Bertz CT molecular complexity index is 1620. The lowest BCUT2D eigenvalue weighted by atomic mass is 10.00. The Morgan fingerprint density at radius 2 is 1.93 bits per heavy atom. The average molecular weight is 567 g/mol. The first-order valence-corrected chi connectivity index (χ1v) is 13.8. The van der Waals surface area contributed by atoms with E-state index in [2.05, 4.69) is 22.5 Å². The molecular formula is C30H33F3N6O2. The Balaban J connectivity index is 1.65. The predicted molar refractivity (Wildman–Crippen MR) is 150 cm³/mol. The molecule has 0 bridgehead atoms. The first-order valence-electron chi connectivity index (χ1n) is 13.8. The number of carbonyl (C=O) groups excluding carboxylic acids is 1. The number of nitrogens with one attached hydrogen (secondary N) is 2. The number of pyridine rings is 2. The topological polar surface area (TPSA) is 103 Å². The van der Waals surface area contributed by atoms with Crippen LogP contribution >= 0.6 is 0 Å². The van der Waals surface area contributed by atoms with Crippen molar-refractivity contribution in [2.75, 3.05) is 24.5 Å². The molecule has 1 aromatic carbocycles. The number of fused-ring (bicyclic) bond motifs is 1. The molecule has 2 aromatic heterocycles. The van der Waals surface area contributed by atoms with E-state index in [1.54, 1.807) is 13.1 Å². The van der Waals surface area contributed by atoms with Gasteiger partial charge in [-0.15, -0.1) is 0 Å². The van der Waals surface area contributed by atoms with Crippen molar-refractivity contribution in [2.24, 2.45) is 7.05 Å². The highest BCUT2D eigenvalue weighted by molar-refractivity contribution is 6.08. The molecule has 2 fully saturated rings. The number of carbonyl (C=O) groups is 1. The largest absolute Gasteiger partial charge is 0.416 e. The molecule has 8 nitrogen and oxygen atoms in total. The Hall–Kier alpha value is -3.91. The minimum absolute atomic E-state index is 0.0544. The van der Waals surface area contributed by atoms with Crippen molar-refractivity contribution in [3.8, 4) is 6.07 Å². The van der Waals surface area contributed by atoms with Gasteiger partial charge in [-0.3, -0.25) is 14.6 Å². The number of rotatable bonds is 5. The summed E-state index contributed by atoms with van der Waals surface area (Å²) in [5.74, 6) is -0.421. The van der Waals surface area contributed by atoms with Gasteiger partial charge in [0.25, 0.3) is 11.5 Å². The van der Waals surface area contributed by atoms with E-state index in [-0.39, 0.29) is 28.7 Å². The third-order valence-electron chi connectivity index (χ3n) is 7.97. The van der Waals surface area contributed by atoms with E-state index >= 15 is 0 Å². The summed E-state index contributed by atoms with van der Waals surface area (Å²) in [5, 5.41) is 16.3. The van der Waals surface area contributed by atoms with Gasteiger partial charge in [0.1, 0.15) is 5.56 Å². The van der Waals surface area contributed by atoms with Crippen LogP contribution in [0.4, 0.5) is 18.9 Å². The molecule has 0 unspecified atom stereocenters. The third-order valence-corrected chi connectivity index (χ3v) is 7.97. The highest BCUT2D eigenvalue weighted by Crippen LogP contribution is 2.43. The highest BCUT2D eigenvalue weighted by Gasteiger charge is 2.34. The summed E-state index contributed by atoms with van der Waals surface area (Å²) >= 11 is 0. The molecule has 1 aliphatic heterocycles. The summed E-state index contributed by atoms with van der Waals surface area (Å²) in [6.07, 6.45) is -1.88. The summed E-state index contributed by atoms with van der Waals surface area (Å²) in [6, 6.07) is 6.03. The zero-order chi connectivity index (χ0) is 29.6. The molecule has 1 amide bonds. The van der Waals surface area contributed by atoms with Crippen LogP contribution in [0, 0.1) is 18.3 Å². The second-order valence-corrected chi connectivity index (χ2v) is 11.2. The van der Waals surface area contributed by atoms with Gasteiger partial charge in [-0.05, 0) is 69.9 Å². The highest BCUT2D eigenvalue weighted by atomic mass is 19.4. The summed E-state index contributed by atoms with van der Waals surface area (Å²) in [6.45, 7) is 7.37. The third kappa shape index (κ3) is 5.66. The molecule has 216 valence electrons. The lowest BCUT2D eigenvalue weighted by molar-refractivity contribution is -0.137. The molecule has 0 spiro atoms. The molecule has 3 aromatic rings. The first-order chi connectivity index (χ1) is 19.4. The molecular weight excluding hydrogens is 533 g/mol. The van der Waals surface area contributed by atoms with Crippen molar-refractivity contribution in [1.82, 2.24) is 20.2 Å². The molecule has 41 heavy (non-hydrogen) atoms. The second kappa shape index (κ2) is 10.8. The van der Waals surface area contributed by atoms with E-state index < -0.39 is 29.2 Å². The number of nitrogens with zero attached hydrogens (tertiary/aromatic N) is 4. The average Bonchev–Trinajstić information content (AvgIpc) is 3.78. The molecule has 2 atom stereocenters. The summed E-state index contributed by atoms with van der Waals surface area (Å²) in [5.41, 5.74) is 1.31. The molecule has 1 saturated heterocycles. The zero-order valence-corrected chi connectivity index (χ0v) is 23.5.